The van der Waals surface area contributed by atoms with E-state index in [1.807, 2.05) is 23.9 Å². The number of nitrogens with zero attached hydrogens (tertiary/aromatic N) is 2. The number of nitrogens with one attached hydrogen (secondary N) is 1. The third-order valence-electron chi connectivity index (χ3n) is 4.70. The number of carbonyl (C=O) groups is 1. The summed E-state index contributed by atoms with van der Waals surface area (Å²) in [6.07, 6.45) is 5.13. The van der Waals surface area contributed by atoms with Gasteiger partial charge in [-0.25, -0.2) is 8.42 Å². The van der Waals surface area contributed by atoms with Crippen LogP contribution in [0.5, 0.6) is 0 Å². The van der Waals surface area contributed by atoms with Gasteiger partial charge < -0.3 is 14.8 Å². The Morgan fingerprint density at radius 2 is 2.13 bits per heavy atom. The van der Waals surface area contributed by atoms with Crippen molar-refractivity contribution in [1.82, 2.24) is 15.2 Å². The second-order valence-electron chi connectivity index (χ2n) is 7.33. The van der Waals surface area contributed by atoms with Crippen molar-refractivity contribution in [1.29, 1.82) is 0 Å². The molecule has 8 nitrogen and oxygen atoms in total. The molecule has 1 amide bonds. The maximum absolute atomic E-state index is 12.0. The fourth-order valence-corrected chi connectivity index (χ4v) is 5.33. The monoisotopic (exact) mass is 465 g/mol. The molecule has 1 aliphatic heterocycles. The Hall–Kier alpha value is -2.30. The quantitative estimate of drug-likeness (QED) is 0.512. The van der Waals surface area contributed by atoms with Gasteiger partial charge in [-0.3, -0.25) is 14.7 Å². The van der Waals surface area contributed by atoms with Crippen molar-refractivity contribution in [2.75, 3.05) is 36.9 Å². The van der Waals surface area contributed by atoms with Crippen molar-refractivity contribution in [2.45, 2.75) is 18.7 Å². The Morgan fingerprint density at radius 3 is 2.87 bits per heavy atom. The molecule has 0 saturated carbocycles. The van der Waals surface area contributed by atoms with Crippen LogP contribution >= 0.6 is 11.8 Å². The molecule has 1 fully saturated rings. The highest BCUT2D eigenvalue weighted by atomic mass is 32.2. The van der Waals surface area contributed by atoms with Crippen LogP contribution in [0.15, 0.2) is 53.0 Å². The topological polar surface area (TPSA) is 113 Å². The highest BCUT2D eigenvalue weighted by Gasteiger charge is 2.19. The van der Waals surface area contributed by atoms with Crippen LogP contribution in [0.4, 0.5) is 0 Å². The molecule has 2 N–H and O–H groups in total. The molecule has 0 atom stereocenters. The molecule has 2 aromatic rings. The molecular formula is C21H27N3O5S2. The van der Waals surface area contributed by atoms with E-state index in [2.05, 4.69) is 15.2 Å². The van der Waals surface area contributed by atoms with Crippen molar-refractivity contribution < 1.29 is 22.7 Å². The first-order valence-corrected chi connectivity index (χ1v) is 13.0. The first kappa shape index (κ1) is 23.4. The van der Waals surface area contributed by atoms with E-state index < -0.39 is 21.5 Å². The number of aliphatic hydroxyl groups is 1. The SMILES string of the molecule is O=C(CS(=O)(=O)Cc1ccco1)NCC(O)=CCc1cc(CN2CCSCC2)ccn1. The average Bonchev–Trinajstić information content (AvgIpc) is 3.23. The molecule has 0 unspecified atom stereocenters. The number of amides is 1. The van der Waals surface area contributed by atoms with Crippen molar-refractivity contribution in [3.8, 4) is 0 Å². The molecule has 0 radical (unpaired) electrons. The number of sulfone groups is 1. The lowest BCUT2D eigenvalue weighted by molar-refractivity contribution is -0.118. The zero-order chi connectivity index (χ0) is 22.1. The van der Waals surface area contributed by atoms with Gasteiger partial charge >= 0.3 is 0 Å². The zero-order valence-electron chi connectivity index (χ0n) is 17.2. The van der Waals surface area contributed by atoms with E-state index in [-0.39, 0.29) is 23.8 Å². The van der Waals surface area contributed by atoms with Gasteiger partial charge in [0.15, 0.2) is 9.84 Å². The van der Waals surface area contributed by atoms with Crippen LogP contribution < -0.4 is 5.32 Å². The molecular weight excluding hydrogens is 438 g/mol. The smallest absolute Gasteiger partial charge is 0.235 e. The summed E-state index contributed by atoms with van der Waals surface area (Å²) in [6.45, 7) is 2.91. The fraction of sp³-hybridized carbons (Fsp3) is 0.429. The summed E-state index contributed by atoms with van der Waals surface area (Å²) >= 11 is 1.98. The van der Waals surface area contributed by atoms with Crippen LogP contribution in [0.25, 0.3) is 0 Å². The van der Waals surface area contributed by atoms with E-state index in [0.29, 0.717) is 6.42 Å². The first-order chi connectivity index (χ1) is 14.9. The van der Waals surface area contributed by atoms with E-state index in [9.17, 15) is 18.3 Å². The summed E-state index contributed by atoms with van der Waals surface area (Å²) in [4.78, 5) is 18.7. The van der Waals surface area contributed by atoms with Crippen LogP contribution in [0.2, 0.25) is 0 Å². The molecule has 1 saturated heterocycles. The van der Waals surface area contributed by atoms with Gasteiger partial charge in [0.05, 0.1) is 12.8 Å². The second-order valence-corrected chi connectivity index (χ2v) is 10.6. The predicted octanol–water partition coefficient (Wildman–Crippen LogP) is 1.94. The predicted molar refractivity (Wildman–Crippen MR) is 120 cm³/mol. The van der Waals surface area contributed by atoms with Crippen LogP contribution in [-0.4, -0.2) is 66.2 Å². The molecule has 10 heteroatoms. The molecule has 0 aliphatic carbocycles. The van der Waals surface area contributed by atoms with E-state index in [1.165, 1.54) is 11.8 Å². The van der Waals surface area contributed by atoms with Gasteiger partial charge in [-0.1, -0.05) is 0 Å². The van der Waals surface area contributed by atoms with E-state index in [1.54, 1.807) is 24.4 Å². The maximum Gasteiger partial charge on any atom is 0.235 e. The van der Waals surface area contributed by atoms with Crippen LogP contribution in [0, 0.1) is 0 Å². The fourth-order valence-electron chi connectivity index (χ4n) is 3.15. The number of thioether (sulfide) groups is 1. The number of aromatic nitrogens is 1. The summed E-state index contributed by atoms with van der Waals surface area (Å²) in [5.74, 6) is 0.870. The van der Waals surface area contributed by atoms with Crippen LogP contribution in [0.1, 0.15) is 17.0 Å². The minimum atomic E-state index is -3.65. The number of allylic oxidation sites excluding steroid dienone is 1. The maximum atomic E-state index is 12.0. The number of furan rings is 1. The first-order valence-electron chi connectivity index (χ1n) is 10.0. The Labute approximate surface area is 186 Å². The lowest BCUT2D eigenvalue weighted by atomic mass is 10.1. The molecule has 3 heterocycles. The molecule has 0 aromatic carbocycles. The molecule has 31 heavy (non-hydrogen) atoms. The van der Waals surface area contributed by atoms with Gasteiger partial charge in [0.2, 0.25) is 5.91 Å². The van der Waals surface area contributed by atoms with Crippen LogP contribution in [0.3, 0.4) is 0 Å². The third-order valence-corrected chi connectivity index (χ3v) is 7.07. The Bertz CT molecular complexity index is 984. The molecule has 1 aliphatic rings. The normalized spacial score (nSPS) is 15.7. The average molecular weight is 466 g/mol. The summed E-state index contributed by atoms with van der Waals surface area (Å²) in [7, 11) is -3.65. The standard InChI is InChI=1S/C21H27N3O5S2/c25-19(13-23-21(26)16-31(27,28)15-20-2-1-9-29-20)4-3-18-12-17(5-6-22-18)14-24-7-10-30-11-8-24/h1-2,4-6,9,12,25H,3,7-8,10-11,13-16H2,(H,23,26). The van der Waals surface area contributed by atoms with Gasteiger partial charge in [-0.15, -0.1) is 0 Å². The van der Waals surface area contributed by atoms with Crippen molar-refractivity contribution in [3.05, 3.63) is 65.6 Å². The highest BCUT2D eigenvalue weighted by molar-refractivity contribution is 7.99. The lowest BCUT2D eigenvalue weighted by Gasteiger charge is -2.26. The van der Waals surface area contributed by atoms with Crippen molar-refractivity contribution in [2.24, 2.45) is 0 Å². The summed E-state index contributed by atoms with van der Waals surface area (Å²) in [5.41, 5.74) is 2.00. The van der Waals surface area contributed by atoms with E-state index >= 15 is 0 Å². The number of carbonyl (C=O) groups excluding carboxylic acids is 1. The molecule has 0 bridgehead atoms. The minimum Gasteiger partial charge on any atom is -0.511 e. The summed E-state index contributed by atoms with van der Waals surface area (Å²) in [6, 6.07) is 7.15. The summed E-state index contributed by atoms with van der Waals surface area (Å²) < 4.78 is 29.1. The van der Waals surface area contributed by atoms with Crippen molar-refractivity contribution >= 4 is 27.5 Å². The lowest BCUT2D eigenvalue weighted by Crippen LogP contribution is -2.32. The van der Waals surface area contributed by atoms with E-state index in [4.69, 9.17) is 4.42 Å². The molecule has 0 spiro atoms. The Kier molecular flexibility index (Phi) is 8.56. The number of rotatable bonds is 10. The van der Waals surface area contributed by atoms with Gasteiger partial charge in [0.25, 0.3) is 0 Å². The highest BCUT2D eigenvalue weighted by Crippen LogP contribution is 2.13. The molecule has 2 aromatic heterocycles. The minimum absolute atomic E-state index is 0.0444. The largest absolute Gasteiger partial charge is 0.511 e. The second kappa shape index (κ2) is 11.4. The third kappa shape index (κ3) is 8.39. The van der Waals surface area contributed by atoms with E-state index in [0.717, 1.165) is 36.8 Å². The molecule has 3 rings (SSSR count). The zero-order valence-corrected chi connectivity index (χ0v) is 18.8. The number of aliphatic hydroxyl groups excluding tert-OH is 1. The number of hydrogen-bond donors (Lipinski definition) is 2. The van der Waals surface area contributed by atoms with Gasteiger partial charge in [-0.2, -0.15) is 11.8 Å². The Balaban J connectivity index is 1.44. The number of hydrogen-bond acceptors (Lipinski definition) is 8. The van der Waals surface area contributed by atoms with Crippen LogP contribution in [-0.2, 0) is 33.4 Å². The summed E-state index contributed by atoms with van der Waals surface area (Å²) in [5, 5.41) is 12.5. The molecule has 168 valence electrons. The number of pyridine rings is 1. The van der Waals surface area contributed by atoms with Crippen molar-refractivity contribution in [3.63, 3.8) is 0 Å². The van der Waals surface area contributed by atoms with Gasteiger partial charge in [0.1, 0.15) is 23.0 Å². The van der Waals surface area contributed by atoms with Gasteiger partial charge in [-0.05, 0) is 35.9 Å². The Morgan fingerprint density at radius 1 is 1.32 bits per heavy atom. The van der Waals surface area contributed by atoms with Gasteiger partial charge in [0, 0.05) is 49.5 Å².